The van der Waals surface area contributed by atoms with Crippen molar-refractivity contribution in [1.82, 2.24) is 0 Å². The molecule has 2 rings (SSSR count). The quantitative estimate of drug-likeness (QED) is 0.890. The van der Waals surface area contributed by atoms with E-state index in [1.165, 1.54) is 6.07 Å². The van der Waals surface area contributed by atoms with Crippen molar-refractivity contribution < 1.29 is 4.39 Å². The first-order chi connectivity index (χ1) is 9.51. The van der Waals surface area contributed by atoms with Gasteiger partial charge in [0.25, 0.3) is 0 Å². The van der Waals surface area contributed by atoms with Gasteiger partial charge >= 0.3 is 0 Å². The average molecular weight is 268 g/mol. The van der Waals surface area contributed by atoms with Gasteiger partial charge in [0, 0.05) is 6.04 Å². The van der Waals surface area contributed by atoms with Crippen LogP contribution in [0.25, 0.3) is 0 Å². The van der Waals surface area contributed by atoms with Crippen molar-refractivity contribution >= 4 is 5.69 Å². The summed E-state index contributed by atoms with van der Waals surface area (Å²) in [4.78, 5) is 0. The van der Waals surface area contributed by atoms with E-state index in [4.69, 9.17) is 5.26 Å². The van der Waals surface area contributed by atoms with E-state index in [0.29, 0.717) is 11.1 Å². The lowest BCUT2D eigenvalue weighted by atomic mass is 10.0. The minimum Gasteiger partial charge on any atom is -0.377 e. The Morgan fingerprint density at radius 2 is 1.90 bits per heavy atom. The van der Waals surface area contributed by atoms with E-state index in [9.17, 15) is 4.39 Å². The van der Waals surface area contributed by atoms with E-state index >= 15 is 0 Å². The van der Waals surface area contributed by atoms with Crippen molar-refractivity contribution in [2.45, 2.75) is 26.8 Å². The van der Waals surface area contributed by atoms with Crippen LogP contribution in [0, 0.1) is 31.0 Å². The molecule has 1 N–H and O–H groups in total. The lowest BCUT2D eigenvalue weighted by Gasteiger charge is -2.17. The number of anilines is 1. The molecule has 2 aromatic rings. The summed E-state index contributed by atoms with van der Waals surface area (Å²) in [5, 5.41) is 12.4. The smallest absolute Gasteiger partial charge is 0.126 e. The molecule has 3 heteroatoms. The Balaban J connectivity index is 2.25. The zero-order chi connectivity index (χ0) is 14.7. The number of nitrogens with zero attached hydrogens (tertiary/aromatic N) is 1. The molecule has 2 aromatic carbocycles. The average Bonchev–Trinajstić information content (AvgIpc) is 2.43. The maximum atomic E-state index is 13.6. The van der Waals surface area contributed by atoms with Gasteiger partial charge < -0.3 is 5.32 Å². The van der Waals surface area contributed by atoms with Gasteiger partial charge in [-0.15, -0.1) is 0 Å². The highest BCUT2D eigenvalue weighted by Gasteiger charge is 2.10. The third-order valence-electron chi connectivity index (χ3n) is 3.36. The van der Waals surface area contributed by atoms with Crippen molar-refractivity contribution in [1.29, 1.82) is 5.26 Å². The van der Waals surface area contributed by atoms with Gasteiger partial charge in [-0.25, -0.2) is 4.39 Å². The van der Waals surface area contributed by atoms with Crippen LogP contribution in [0.3, 0.4) is 0 Å². The topological polar surface area (TPSA) is 35.8 Å². The lowest BCUT2D eigenvalue weighted by Crippen LogP contribution is -2.08. The van der Waals surface area contributed by atoms with Gasteiger partial charge in [-0.3, -0.25) is 0 Å². The van der Waals surface area contributed by atoms with Crippen LogP contribution < -0.4 is 5.32 Å². The fraction of sp³-hybridized carbons (Fsp3) is 0.235. The largest absolute Gasteiger partial charge is 0.377 e. The molecule has 1 unspecified atom stereocenters. The molecule has 0 heterocycles. The van der Waals surface area contributed by atoms with Crippen LogP contribution in [0.1, 0.15) is 35.2 Å². The summed E-state index contributed by atoms with van der Waals surface area (Å²) < 4.78 is 13.6. The highest BCUT2D eigenvalue weighted by Crippen LogP contribution is 2.24. The Bertz CT molecular complexity index is 671. The highest BCUT2D eigenvalue weighted by atomic mass is 19.1. The van der Waals surface area contributed by atoms with Crippen molar-refractivity contribution in [2.24, 2.45) is 0 Å². The minimum atomic E-state index is -0.208. The maximum absolute atomic E-state index is 13.6. The molecular formula is C17H17FN2. The van der Waals surface area contributed by atoms with Crippen LogP contribution in [0.2, 0.25) is 0 Å². The summed E-state index contributed by atoms with van der Waals surface area (Å²) in [5.41, 5.74) is 3.91. The number of hydrogen-bond acceptors (Lipinski definition) is 2. The van der Waals surface area contributed by atoms with E-state index < -0.39 is 0 Å². The SMILES string of the molecule is Cc1ccc(NC(C)c2ccc(C)c(F)c2)c(C#N)c1. The van der Waals surface area contributed by atoms with Gasteiger partial charge in [0.1, 0.15) is 11.9 Å². The molecule has 0 fully saturated rings. The van der Waals surface area contributed by atoms with Crippen LogP contribution >= 0.6 is 0 Å². The summed E-state index contributed by atoms with van der Waals surface area (Å²) in [7, 11) is 0. The zero-order valence-electron chi connectivity index (χ0n) is 11.9. The van der Waals surface area contributed by atoms with Crippen LogP contribution in [0.15, 0.2) is 36.4 Å². The Kier molecular flexibility index (Phi) is 4.05. The zero-order valence-corrected chi connectivity index (χ0v) is 11.9. The molecular weight excluding hydrogens is 251 g/mol. The normalized spacial score (nSPS) is 11.8. The predicted octanol–water partition coefficient (Wildman–Crippen LogP) is 4.49. The van der Waals surface area contributed by atoms with Crippen molar-refractivity contribution in [3.63, 3.8) is 0 Å². The first-order valence-corrected chi connectivity index (χ1v) is 6.54. The molecule has 0 aliphatic rings. The number of halogens is 1. The van der Waals surface area contributed by atoms with Gasteiger partial charge in [-0.1, -0.05) is 18.2 Å². The highest BCUT2D eigenvalue weighted by molar-refractivity contribution is 5.59. The Hall–Kier alpha value is -2.34. The van der Waals surface area contributed by atoms with Crippen LogP contribution in [0.4, 0.5) is 10.1 Å². The molecule has 1 atom stereocenters. The molecule has 102 valence electrons. The fourth-order valence-corrected chi connectivity index (χ4v) is 2.07. The van der Waals surface area contributed by atoms with Gasteiger partial charge in [0.2, 0.25) is 0 Å². The molecule has 0 saturated carbocycles. The second-order valence-electron chi connectivity index (χ2n) is 5.04. The summed E-state index contributed by atoms with van der Waals surface area (Å²) in [6.07, 6.45) is 0. The summed E-state index contributed by atoms with van der Waals surface area (Å²) in [6, 6.07) is 13.0. The van der Waals surface area contributed by atoms with Gasteiger partial charge in [0.05, 0.1) is 11.3 Å². The molecule has 0 aliphatic heterocycles. The first kappa shape index (κ1) is 14.1. The summed E-state index contributed by atoms with van der Waals surface area (Å²) in [5.74, 6) is -0.208. The molecule has 0 saturated heterocycles. The lowest BCUT2D eigenvalue weighted by molar-refractivity contribution is 0.614. The molecule has 0 amide bonds. The monoisotopic (exact) mass is 268 g/mol. The van der Waals surface area contributed by atoms with Gasteiger partial charge in [-0.2, -0.15) is 5.26 Å². The molecule has 2 nitrogen and oxygen atoms in total. The van der Waals surface area contributed by atoms with Crippen LogP contribution in [-0.4, -0.2) is 0 Å². The standard InChI is InChI=1S/C17H17FN2/c1-11-4-7-17(15(8-11)10-19)20-13(3)14-6-5-12(2)16(18)9-14/h4-9,13,20H,1-3H3. The van der Waals surface area contributed by atoms with Gasteiger partial charge in [0.15, 0.2) is 0 Å². The Morgan fingerprint density at radius 1 is 1.15 bits per heavy atom. The van der Waals surface area contributed by atoms with Crippen molar-refractivity contribution in [3.05, 3.63) is 64.5 Å². The van der Waals surface area contributed by atoms with E-state index in [1.807, 2.05) is 38.1 Å². The molecule has 0 aromatic heterocycles. The third kappa shape index (κ3) is 2.97. The van der Waals surface area contributed by atoms with Gasteiger partial charge in [-0.05, 0) is 55.7 Å². The summed E-state index contributed by atoms with van der Waals surface area (Å²) >= 11 is 0. The van der Waals surface area contributed by atoms with E-state index in [-0.39, 0.29) is 11.9 Å². The second kappa shape index (κ2) is 5.75. The maximum Gasteiger partial charge on any atom is 0.126 e. The summed E-state index contributed by atoms with van der Waals surface area (Å²) in [6.45, 7) is 5.64. The van der Waals surface area contributed by atoms with Crippen LogP contribution in [-0.2, 0) is 0 Å². The Labute approximate surface area is 118 Å². The predicted molar refractivity (Wildman–Crippen MR) is 79.1 cm³/mol. The van der Waals surface area contributed by atoms with E-state index in [2.05, 4.69) is 11.4 Å². The number of benzene rings is 2. The van der Waals surface area contributed by atoms with Crippen molar-refractivity contribution in [3.8, 4) is 6.07 Å². The number of hydrogen-bond donors (Lipinski definition) is 1. The van der Waals surface area contributed by atoms with E-state index in [1.54, 1.807) is 13.0 Å². The fourth-order valence-electron chi connectivity index (χ4n) is 2.07. The first-order valence-electron chi connectivity index (χ1n) is 6.54. The van der Waals surface area contributed by atoms with Crippen LogP contribution in [0.5, 0.6) is 0 Å². The second-order valence-corrected chi connectivity index (χ2v) is 5.04. The molecule has 20 heavy (non-hydrogen) atoms. The molecule has 0 bridgehead atoms. The number of aryl methyl sites for hydroxylation is 2. The number of nitrogens with one attached hydrogen (secondary N) is 1. The molecule has 0 spiro atoms. The molecule has 0 aliphatic carbocycles. The third-order valence-corrected chi connectivity index (χ3v) is 3.36. The van der Waals surface area contributed by atoms with Crippen molar-refractivity contribution in [2.75, 3.05) is 5.32 Å². The Morgan fingerprint density at radius 3 is 2.55 bits per heavy atom. The number of rotatable bonds is 3. The number of nitriles is 1. The molecule has 0 radical (unpaired) electrons. The minimum absolute atomic E-state index is 0.0695. The van der Waals surface area contributed by atoms with E-state index in [0.717, 1.165) is 16.8 Å².